The Morgan fingerprint density at radius 2 is 1.62 bits per heavy atom. The Hall–Kier alpha value is -1.06. The summed E-state index contributed by atoms with van der Waals surface area (Å²) in [7, 11) is 0. The van der Waals surface area contributed by atoms with Gasteiger partial charge in [0.15, 0.2) is 0 Å². The van der Waals surface area contributed by atoms with Crippen LogP contribution in [0.3, 0.4) is 0 Å². The van der Waals surface area contributed by atoms with E-state index < -0.39 is 5.97 Å². The SMILES string of the molecule is CCCC(=O)O.CCCCCC(=O)OCC. The van der Waals surface area contributed by atoms with Gasteiger partial charge < -0.3 is 9.84 Å². The number of aliphatic carboxylic acids is 1. The summed E-state index contributed by atoms with van der Waals surface area (Å²) in [4.78, 5) is 20.3. The molecule has 0 aliphatic carbocycles. The second kappa shape index (κ2) is 13.9. The third-order valence-corrected chi connectivity index (χ3v) is 1.75. The number of esters is 1. The van der Waals surface area contributed by atoms with Gasteiger partial charge in [-0.15, -0.1) is 0 Å². The highest BCUT2D eigenvalue weighted by Crippen LogP contribution is 1.99. The standard InChI is InChI=1S/C8H16O2.C4H8O2/c1-3-5-6-7-8(9)10-4-2;1-2-3-4(5)6/h3-7H2,1-2H3;2-3H2,1H3,(H,5,6). The molecule has 0 rings (SSSR count). The van der Waals surface area contributed by atoms with Crippen LogP contribution < -0.4 is 0 Å². The Bertz CT molecular complexity index is 178. The van der Waals surface area contributed by atoms with Gasteiger partial charge >= 0.3 is 11.9 Å². The first-order valence-electron chi connectivity index (χ1n) is 5.95. The molecule has 0 saturated heterocycles. The van der Waals surface area contributed by atoms with Gasteiger partial charge in [-0.05, 0) is 19.8 Å². The molecule has 0 spiro atoms. The highest BCUT2D eigenvalue weighted by atomic mass is 16.5. The molecule has 4 heteroatoms. The third-order valence-electron chi connectivity index (χ3n) is 1.75. The molecule has 0 fully saturated rings. The largest absolute Gasteiger partial charge is 0.481 e. The smallest absolute Gasteiger partial charge is 0.305 e. The van der Waals surface area contributed by atoms with Gasteiger partial charge in [0.25, 0.3) is 0 Å². The average molecular weight is 232 g/mol. The van der Waals surface area contributed by atoms with Crippen LogP contribution in [-0.2, 0) is 14.3 Å². The van der Waals surface area contributed by atoms with Gasteiger partial charge in [0.05, 0.1) is 6.61 Å². The van der Waals surface area contributed by atoms with E-state index in [1.807, 2.05) is 13.8 Å². The minimum Gasteiger partial charge on any atom is -0.481 e. The van der Waals surface area contributed by atoms with Gasteiger partial charge in [0.1, 0.15) is 0 Å². The fourth-order valence-electron chi connectivity index (χ4n) is 0.966. The van der Waals surface area contributed by atoms with Crippen LogP contribution in [0, 0.1) is 0 Å². The van der Waals surface area contributed by atoms with Gasteiger partial charge in [-0.1, -0.05) is 26.7 Å². The number of ether oxygens (including phenoxy) is 1. The van der Waals surface area contributed by atoms with Crippen LogP contribution in [0.15, 0.2) is 0 Å². The number of hydrogen-bond acceptors (Lipinski definition) is 3. The maximum Gasteiger partial charge on any atom is 0.305 e. The van der Waals surface area contributed by atoms with E-state index in [4.69, 9.17) is 9.84 Å². The van der Waals surface area contributed by atoms with Crippen molar-refractivity contribution in [2.45, 2.75) is 59.3 Å². The summed E-state index contributed by atoms with van der Waals surface area (Å²) >= 11 is 0. The van der Waals surface area contributed by atoms with Crippen LogP contribution >= 0.6 is 0 Å². The monoisotopic (exact) mass is 232 g/mol. The number of carbonyl (C=O) groups excluding carboxylic acids is 1. The van der Waals surface area contributed by atoms with Crippen LogP contribution in [0.5, 0.6) is 0 Å². The van der Waals surface area contributed by atoms with E-state index in [-0.39, 0.29) is 5.97 Å². The molecule has 0 unspecified atom stereocenters. The lowest BCUT2D eigenvalue weighted by Gasteiger charge is -1.99. The zero-order chi connectivity index (χ0) is 12.8. The summed E-state index contributed by atoms with van der Waals surface area (Å²) in [6.45, 7) is 6.29. The molecular formula is C12H24O4. The fraction of sp³-hybridized carbons (Fsp3) is 0.833. The van der Waals surface area contributed by atoms with E-state index in [0.29, 0.717) is 19.4 Å². The minimum absolute atomic E-state index is 0.0593. The van der Waals surface area contributed by atoms with Crippen molar-refractivity contribution in [1.82, 2.24) is 0 Å². The molecule has 0 aliphatic heterocycles. The molecule has 96 valence electrons. The zero-order valence-corrected chi connectivity index (χ0v) is 10.6. The van der Waals surface area contributed by atoms with Gasteiger partial charge in [0.2, 0.25) is 0 Å². The second-order valence-corrected chi connectivity index (χ2v) is 3.41. The van der Waals surface area contributed by atoms with Crippen LogP contribution in [0.2, 0.25) is 0 Å². The summed E-state index contributed by atoms with van der Waals surface area (Å²) in [5.41, 5.74) is 0. The van der Waals surface area contributed by atoms with E-state index in [9.17, 15) is 9.59 Å². The maximum atomic E-state index is 10.7. The fourth-order valence-corrected chi connectivity index (χ4v) is 0.966. The number of hydrogen-bond donors (Lipinski definition) is 1. The quantitative estimate of drug-likeness (QED) is 0.541. The molecule has 0 aliphatic rings. The van der Waals surface area contributed by atoms with Gasteiger partial charge in [-0.25, -0.2) is 0 Å². The van der Waals surface area contributed by atoms with Crippen LogP contribution in [0.4, 0.5) is 0 Å². The molecule has 0 heterocycles. The highest BCUT2D eigenvalue weighted by Gasteiger charge is 1.98. The lowest BCUT2D eigenvalue weighted by Crippen LogP contribution is -2.02. The predicted octanol–water partition coefficient (Wildman–Crippen LogP) is 3.00. The summed E-state index contributed by atoms with van der Waals surface area (Å²) in [5, 5.41) is 7.91. The van der Waals surface area contributed by atoms with Crippen molar-refractivity contribution in [1.29, 1.82) is 0 Å². The Balaban J connectivity index is 0. The molecule has 0 aromatic rings. The minimum atomic E-state index is -0.711. The van der Waals surface area contributed by atoms with Crippen molar-refractivity contribution in [3.05, 3.63) is 0 Å². The van der Waals surface area contributed by atoms with Gasteiger partial charge in [-0.3, -0.25) is 9.59 Å². The van der Waals surface area contributed by atoms with Crippen molar-refractivity contribution in [2.75, 3.05) is 6.61 Å². The van der Waals surface area contributed by atoms with Gasteiger partial charge in [0, 0.05) is 12.8 Å². The molecule has 0 bridgehead atoms. The molecule has 0 aromatic heterocycles. The van der Waals surface area contributed by atoms with Gasteiger partial charge in [-0.2, -0.15) is 0 Å². The summed E-state index contributed by atoms with van der Waals surface area (Å²) < 4.78 is 4.75. The third kappa shape index (κ3) is 18.7. The number of rotatable bonds is 7. The lowest BCUT2D eigenvalue weighted by molar-refractivity contribution is -0.143. The van der Waals surface area contributed by atoms with Crippen molar-refractivity contribution in [3.63, 3.8) is 0 Å². The Morgan fingerprint density at radius 3 is 1.94 bits per heavy atom. The average Bonchev–Trinajstić information content (AvgIpc) is 2.19. The van der Waals surface area contributed by atoms with Crippen molar-refractivity contribution in [2.24, 2.45) is 0 Å². The van der Waals surface area contributed by atoms with Crippen molar-refractivity contribution >= 4 is 11.9 Å². The molecule has 0 amide bonds. The molecule has 1 N–H and O–H groups in total. The Kier molecular flexibility index (Phi) is 15.1. The second-order valence-electron chi connectivity index (χ2n) is 3.41. The summed E-state index contributed by atoms with van der Waals surface area (Å²) in [6.07, 6.45) is 4.85. The first kappa shape index (κ1) is 17.3. The summed E-state index contributed by atoms with van der Waals surface area (Å²) in [5.74, 6) is -0.770. The first-order valence-corrected chi connectivity index (χ1v) is 5.95. The molecule has 0 atom stereocenters. The summed E-state index contributed by atoms with van der Waals surface area (Å²) in [6, 6.07) is 0. The van der Waals surface area contributed by atoms with E-state index in [0.717, 1.165) is 25.7 Å². The predicted molar refractivity (Wildman–Crippen MR) is 63.3 cm³/mol. The van der Waals surface area contributed by atoms with E-state index in [2.05, 4.69) is 6.92 Å². The van der Waals surface area contributed by atoms with Crippen molar-refractivity contribution < 1.29 is 19.4 Å². The van der Waals surface area contributed by atoms with Crippen molar-refractivity contribution in [3.8, 4) is 0 Å². The number of unbranched alkanes of at least 4 members (excludes halogenated alkanes) is 2. The number of carboxylic acid groups (broad SMARTS) is 1. The lowest BCUT2D eigenvalue weighted by atomic mass is 10.2. The highest BCUT2D eigenvalue weighted by molar-refractivity contribution is 5.69. The molecule has 16 heavy (non-hydrogen) atoms. The normalized spacial score (nSPS) is 8.94. The van der Waals surface area contributed by atoms with Crippen LogP contribution in [0.25, 0.3) is 0 Å². The molecule has 0 aromatic carbocycles. The van der Waals surface area contributed by atoms with E-state index in [1.54, 1.807) is 0 Å². The molecule has 0 radical (unpaired) electrons. The van der Waals surface area contributed by atoms with Crippen LogP contribution in [0.1, 0.15) is 59.3 Å². The Morgan fingerprint density at radius 1 is 1.00 bits per heavy atom. The number of carbonyl (C=O) groups is 2. The van der Waals surface area contributed by atoms with E-state index >= 15 is 0 Å². The first-order chi connectivity index (χ1) is 7.58. The zero-order valence-electron chi connectivity index (χ0n) is 10.6. The van der Waals surface area contributed by atoms with E-state index in [1.165, 1.54) is 0 Å². The molecule has 0 saturated carbocycles. The Labute approximate surface area is 98.0 Å². The van der Waals surface area contributed by atoms with Crippen LogP contribution in [-0.4, -0.2) is 23.7 Å². The topological polar surface area (TPSA) is 63.6 Å². The molecule has 4 nitrogen and oxygen atoms in total. The number of carboxylic acids is 1. The maximum absolute atomic E-state index is 10.7. The molecular weight excluding hydrogens is 208 g/mol.